The smallest absolute Gasteiger partial charge is 0.325 e. The zero-order chi connectivity index (χ0) is 23.8. The molecule has 0 bridgehead atoms. The molecule has 0 saturated carbocycles. The summed E-state index contributed by atoms with van der Waals surface area (Å²) in [6.45, 7) is 2.98. The highest BCUT2D eigenvalue weighted by atomic mass is 35.5. The van der Waals surface area contributed by atoms with Crippen molar-refractivity contribution in [2.75, 3.05) is 18.0 Å². The molecular formula is C24H21ClN4O4. The number of anilines is 1. The number of amides is 4. The number of hydrogen-bond acceptors (Lipinski definition) is 5. The molecule has 168 valence electrons. The summed E-state index contributed by atoms with van der Waals surface area (Å²) < 4.78 is 5.82. The number of halogens is 1. The van der Waals surface area contributed by atoms with E-state index in [2.05, 4.69) is 5.32 Å². The average Bonchev–Trinajstić information content (AvgIpc) is 3.32. The number of rotatable bonds is 6. The fourth-order valence-corrected chi connectivity index (χ4v) is 3.93. The van der Waals surface area contributed by atoms with E-state index in [4.69, 9.17) is 21.3 Å². The lowest BCUT2D eigenvalue weighted by molar-refractivity contribution is -0.134. The number of benzene rings is 2. The van der Waals surface area contributed by atoms with Crippen LogP contribution in [0.4, 0.5) is 10.5 Å². The maximum absolute atomic E-state index is 13.3. The van der Waals surface area contributed by atoms with Crippen LogP contribution in [0.15, 0.2) is 52.9 Å². The molecule has 0 aliphatic carbocycles. The summed E-state index contributed by atoms with van der Waals surface area (Å²) in [7, 11) is 0. The Morgan fingerprint density at radius 1 is 1.24 bits per heavy atom. The van der Waals surface area contributed by atoms with Gasteiger partial charge in [0, 0.05) is 22.6 Å². The zero-order valence-corrected chi connectivity index (χ0v) is 18.8. The number of fused-ring (bicyclic) bond motifs is 1. The van der Waals surface area contributed by atoms with Crippen LogP contribution in [0.25, 0.3) is 11.0 Å². The fourth-order valence-electron chi connectivity index (χ4n) is 3.81. The highest BCUT2D eigenvalue weighted by Gasteiger charge is 2.52. The van der Waals surface area contributed by atoms with E-state index in [1.165, 1.54) is 4.90 Å². The summed E-state index contributed by atoms with van der Waals surface area (Å²) in [6, 6.07) is 15.3. The standard InChI is InChI=1S/C24H21ClN4O4/c1-15-12-17(8-9-18(15)25)28(11-5-10-26)21(30)14-29-22(31)24(2,27-23(29)32)20-13-16-6-3-4-7-19(16)33-20/h3-4,6-9,12-13H,5,11,14H2,1-2H3,(H,27,32). The molecule has 1 unspecified atom stereocenters. The van der Waals surface area contributed by atoms with Gasteiger partial charge in [-0.15, -0.1) is 0 Å². The quantitative estimate of drug-likeness (QED) is 0.552. The Bertz CT molecular complexity index is 1280. The molecule has 3 aromatic rings. The normalized spacial score (nSPS) is 17.8. The molecule has 4 amide bonds. The minimum Gasteiger partial charge on any atom is -0.458 e. The summed E-state index contributed by atoms with van der Waals surface area (Å²) in [5.74, 6) is -0.802. The lowest BCUT2D eigenvalue weighted by Gasteiger charge is -2.25. The molecule has 1 atom stereocenters. The first kappa shape index (κ1) is 22.4. The molecule has 0 radical (unpaired) electrons. The Hall–Kier alpha value is -3.83. The number of hydrogen-bond donors (Lipinski definition) is 1. The number of urea groups is 1. The van der Waals surface area contributed by atoms with Crippen LogP contribution in [0.2, 0.25) is 5.02 Å². The summed E-state index contributed by atoms with van der Waals surface area (Å²) in [4.78, 5) is 41.4. The van der Waals surface area contributed by atoms with Gasteiger partial charge >= 0.3 is 6.03 Å². The predicted molar refractivity (Wildman–Crippen MR) is 123 cm³/mol. The number of nitrogens with zero attached hydrogens (tertiary/aromatic N) is 3. The Morgan fingerprint density at radius 3 is 2.70 bits per heavy atom. The summed E-state index contributed by atoms with van der Waals surface area (Å²) in [6.07, 6.45) is 0.0876. The second-order valence-electron chi connectivity index (χ2n) is 7.98. The van der Waals surface area contributed by atoms with Gasteiger partial charge in [0.15, 0.2) is 5.54 Å². The largest absolute Gasteiger partial charge is 0.458 e. The van der Waals surface area contributed by atoms with E-state index >= 15 is 0 Å². The Morgan fingerprint density at radius 2 is 2.00 bits per heavy atom. The fraction of sp³-hybridized carbons (Fsp3) is 0.250. The van der Waals surface area contributed by atoms with Crippen molar-refractivity contribution in [1.82, 2.24) is 10.2 Å². The molecule has 4 rings (SSSR count). The van der Waals surface area contributed by atoms with E-state index in [-0.39, 0.29) is 18.7 Å². The summed E-state index contributed by atoms with van der Waals surface area (Å²) in [5, 5.41) is 13.0. The van der Waals surface area contributed by atoms with Crippen molar-refractivity contribution < 1.29 is 18.8 Å². The third-order valence-electron chi connectivity index (χ3n) is 5.69. The number of furan rings is 1. The first-order valence-corrected chi connectivity index (χ1v) is 10.7. The lowest BCUT2D eigenvalue weighted by Crippen LogP contribution is -2.45. The van der Waals surface area contributed by atoms with Crippen LogP contribution in [-0.2, 0) is 15.1 Å². The molecule has 33 heavy (non-hydrogen) atoms. The number of nitrogens with one attached hydrogen (secondary N) is 1. The molecule has 1 aromatic heterocycles. The monoisotopic (exact) mass is 464 g/mol. The van der Waals surface area contributed by atoms with Gasteiger partial charge in [0.05, 0.1) is 12.5 Å². The van der Waals surface area contributed by atoms with Crippen molar-refractivity contribution in [3.05, 3.63) is 64.9 Å². The number of aryl methyl sites for hydroxylation is 1. The van der Waals surface area contributed by atoms with E-state index < -0.39 is 29.9 Å². The topological polar surface area (TPSA) is 107 Å². The third kappa shape index (κ3) is 4.03. The number of nitriles is 1. The maximum atomic E-state index is 13.3. The molecule has 1 fully saturated rings. The summed E-state index contributed by atoms with van der Waals surface area (Å²) >= 11 is 6.09. The van der Waals surface area contributed by atoms with Crippen molar-refractivity contribution in [1.29, 1.82) is 5.26 Å². The van der Waals surface area contributed by atoms with Gasteiger partial charge in [-0.25, -0.2) is 4.79 Å². The SMILES string of the molecule is Cc1cc(N(CCC#N)C(=O)CN2C(=O)NC(C)(c3cc4ccccc4o3)C2=O)ccc1Cl. The molecule has 2 heterocycles. The van der Waals surface area contributed by atoms with E-state index in [9.17, 15) is 14.4 Å². The van der Waals surface area contributed by atoms with E-state index in [0.717, 1.165) is 15.8 Å². The van der Waals surface area contributed by atoms with Gasteiger partial charge in [-0.3, -0.25) is 14.5 Å². The molecule has 1 saturated heterocycles. The number of carbonyl (C=O) groups is 3. The van der Waals surface area contributed by atoms with Gasteiger partial charge < -0.3 is 14.6 Å². The van der Waals surface area contributed by atoms with Crippen molar-refractivity contribution in [2.24, 2.45) is 0 Å². The Labute approximate surface area is 195 Å². The van der Waals surface area contributed by atoms with Gasteiger partial charge in [0.25, 0.3) is 5.91 Å². The van der Waals surface area contributed by atoms with Crippen molar-refractivity contribution >= 4 is 46.1 Å². The minimum atomic E-state index is -1.44. The van der Waals surface area contributed by atoms with Crippen molar-refractivity contribution in [3.63, 3.8) is 0 Å². The van der Waals surface area contributed by atoms with Gasteiger partial charge in [0.1, 0.15) is 17.9 Å². The molecule has 8 nitrogen and oxygen atoms in total. The first-order chi connectivity index (χ1) is 15.7. The summed E-state index contributed by atoms with van der Waals surface area (Å²) in [5.41, 5.74) is 0.441. The molecule has 9 heteroatoms. The van der Waals surface area contributed by atoms with Crippen LogP contribution in [0.1, 0.15) is 24.7 Å². The van der Waals surface area contributed by atoms with Gasteiger partial charge in [-0.1, -0.05) is 29.8 Å². The maximum Gasteiger partial charge on any atom is 0.325 e. The molecule has 0 spiro atoms. The highest BCUT2D eigenvalue weighted by Crippen LogP contribution is 2.33. The molecule has 1 aliphatic heterocycles. The lowest BCUT2D eigenvalue weighted by atomic mass is 9.99. The zero-order valence-electron chi connectivity index (χ0n) is 18.1. The molecular weight excluding hydrogens is 444 g/mol. The highest BCUT2D eigenvalue weighted by molar-refractivity contribution is 6.31. The van der Waals surface area contributed by atoms with E-state index in [1.807, 2.05) is 24.3 Å². The molecule has 2 aromatic carbocycles. The van der Waals surface area contributed by atoms with Crippen LogP contribution in [0.3, 0.4) is 0 Å². The molecule has 1 N–H and O–H groups in total. The van der Waals surface area contributed by atoms with Gasteiger partial charge in [-0.05, 0) is 49.7 Å². The number of carbonyl (C=O) groups excluding carboxylic acids is 3. The minimum absolute atomic E-state index is 0.0876. The third-order valence-corrected chi connectivity index (χ3v) is 6.11. The van der Waals surface area contributed by atoms with Crippen LogP contribution in [0, 0.1) is 18.3 Å². The first-order valence-electron chi connectivity index (χ1n) is 10.3. The number of para-hydroxylation sites is 1. The predicted octanol–water partition coefficient (Wildman–Crippen LogP) is 4.11. The molecule has 1 aliphatic rings. The van der Waals surface area contributed by atoms with E-state index in [1.54, 1.807) is 44.2 Å². The van der Waals surface area contributed by atoms with Crippen LogP contribution in [0.5, 0.6) is 0 Å². The second kappa shape index (κ2) is 8.60. The van der Waals surface area contributed by atoms with Crippen molar-refractivity contribution in [3.8, 4) is 6.07 Å². The van der Waals surface area contributed by atoms with Crippen LogP contribution < -0.4 is 10.2 Å². The van der Waals surface area contributed by atoms with Crippen molar-refractivity contribution in [2.45, 2.75) is 25.8 Å². The van der Waals surface area contributed by atoms with Crippen LogP contribution >= 0.6 is 11.6 Å². The second-order valence-corrected chi connectivity index (χ2v) is 8.39. The Balaban J connectivity index is 1.59. The van der Waals surface area contributed by atoms with E-state index in [0.29, 0.717) is 16.3 Å². The van der Waals surface area contributed by atoms with Gasteiger partial charge in [-0.2, -0.15) is 5.26 Å². The Kier molecular flexibility index (Phi) is 5.83. The van der Waals surface area contributed by atoms with Gasteiger partial charge in [0.2, 0.25) is 5.91 Å². The number of imide groups is 1. The average molecular weight is 465 g/mol. The van der Waals surface area contributed by atoms with Crippen LogP contribution in [-0.4, -0.2) is 35.8 Å².